The largest absolute Gasteiger partial charge is 0.313 e. The van der Waals surface area contributed by atoms with E-state index in [2.05, 4.69) is 27.9 Å². The molecule has 0 radical (unpaired) electrons. The molecule has 1 aromatic carbocycles. The van der Waals surface area contributed by atoms with Crippen molar-refractivity contribution in [3.05, 3.63) is 34.6 Å². The van der Waals surface area contributed by atoms with Gasteiger partial charge in [-0.1, -0.05) is 40.3 Å². The molecule has 0 saturated carbocycles. The summed E-state index contributed by atoms with van der Waals surface area (Å²) in [5, 5.41) is 3.66. The standard InChI is InChI=1S/C11H14ClFIN/c12-10-4-3-9(11(13)7-10)8-15-6-2-1-5-14/h3-4,7,15H,1-2,5-6,8H2. The summed E-state index contributed by atoms with van der Waals surface area (Å²) < 4.78 is 14.5. The van der Waals surface area contributed by atoms with Gasteiger partial charge >= 0.3 is 0 Å². The Morgan fingerprint density at radius 3 is 2.80 bits per heavy atom. The Hall–Kier alpha value is 0.130. The molecule has 4 heteroatoms. The topological polar surface area (TPSA) is 12.0 Å². The van der Waals surface area contributed by atoms with Gasteiger partial charge in [0.2, 0.25) is 0 Å². The number of hydrogen-bond donors (Lipinski definition) is 1. The SMILES string of the molecule is Fc1cc(Cl)ccc1CNCCCCI. The summed E-state index contributed by atoms with van der Waals surface area (Å²) in [6.07, 6.45) is 2.34. The van der Waals surface area contributed by atoms with Crippen molar-refractivity contribution in [3.8, 4) is 0 Å². The highest BCUT2D eigenvalue weighted by molar-refractivity contribution is 14.1. The molecule has 0 aliphatic heterocycles. The van der Waals surface area contributed by atoms with Crippen molar-refractivity contribution in [3.63, 3.8) is 0 Å². The second kappa shape index (κ2) is 7.41. The Balaban J connectivity index is 2.31. The molecular weight excluding hydrogens is 327 g/mol. The zero-order valence-electron chi connectivity index (χ0n) is 8.40. The molecule has 1 aromatic rings. The minimum atomic E-state index is -0.233. The maximum absolute atomic E-state index is 13.3. The number of hydrogen-bond acceptors (Lipinski definition) is 1. The van der Waals surface area contributed by atoms with Crippen LogP contribution < -0.4 is 5.32 Å². The van der Waals surface area contributed by atoms with Crippen LogP contribution >= 0.6 is 34.2 Å². The van der Waals surface area contributed by atoms with E-state index in [-0.39, 0.29) is 5.82 Å². The molecule has 0 bridgehead atoms. The number of unbranched alkanes of at least 4 members (excludes halogenated alkanes) is 1. The maximum Gasteiger partial charge on any atom is 0.129 e. The highest BCUT2D eigenvalue weighted by atomic mass is 127. The molecule has 15 heavy (non-hydrogen) atoms. The van der Waals surface area contributed by atoms with Gasteiger partial charge in [-0.2, -0.15) is 0 Å². The van der Waals surface area contributed by atoms with Crippen LogP contribution in [0.25, 0.3) is 0 Å². The van der Waals surface area contributed by atoms with E-state index in [9.17, 15) is 4.39 Å². The first-order valence-electron chi connectivity index (χ1n) is 4.94. The maximum atomic E-state index is 13.3. The third kappa shape index (κ3) is 5.13. The summed E-state index contributed by atoms with van der Waals surface area (Å²) in [5.41, 5.74) is 0.675. The van der Waals surface area contributed by atoms with Gasteiger partial charge in [-0.25, -0.2) is 4.39 Å². The molecule has 1 N–H and O–H groups in total. The van der Waals surface area contributed by atoms with Gasteiger partial charge in [-0.3, -0.25) is 0 Å². The fourth-order valence-corrected chi connectivity index (χ4v) is 1.93. The fraction of sp³-hybridized carbons (Fsp3) is 0.455. The Morgan fingerprint density at radius 2 is 2.13 bits per heavy atom. The minimum absolute atomic E-state index is 0.233. The second-order valence-electron chi connectivity index (χ2n) is 3.31. The summed E-state index contributed by atoms with van der Waals surface area (Å²) >= 11 is 8.02. The molecule has 0 saturated heterocycles. The number of rotatable bonds is 6. The monoisotopic (exact) mass is 341 g/mol. The summed E-state index contributed by atoms with van der Waals surface area (Å²) in [6, 6.07) is 4.79. The molecule has 0 amide bonds. The lowest BCUT2D eigenvalue weighted by atomic mass is 10.2. The van der Waals surface area contributed by atoms with Crippen molar-refractivity contribution < 1.29 is 4.39 Å². The quantitative estimate of drug-likeness (QED) is 0.472. The van der Waals surface area contributed by atoms with E-state index in [1.165, 1.54) is 16.9 Å². The van der Waals surface area contributed by atoms with Gasteiger partial charge in [0.1, 0.15) is 5.82 Å². The first-order valence-corrected chi connectivity index (χ1v) is 6.85. The van der Waals surface area contributed by atoms with Crippen molar-refractivity contribution in [1.82, 2.24) is 5.32 Å². The van der Waals surface area contributed by atoms with Gasteiger partial charge in [0.05, 0.1) is 0 Å². The number of alkyl halides is 1. The van der Waals surface area contributed by atoms with Crippen molar-refractivity contribution in [1.29, 1.82) is 0 Å². The van der Waals surface area contributed by atoms with E-state index in [1.807, 2.05) is 0 Å². The summed E-state index contributed by atoms with van der Waals surface area (Å²) in [7, 11) is 0. The smallest absolute Gasteiger partial charge is 0.129 e. The van der Waals surface area contributed by atoms with Gasteiger partial charge in [-0.05, 0) is 35.9 Å². The van der Waals surface area contributed by atoms with Crippen LogP contribution in [0.1, 0.15) is 18.4 Å². The van der Waals surface area contributed by atoms with Crippen LogP contribution in [0.5, 0.6) is 0 Å². The van der Waals surface area contributed by atoms with Gasteiger partial charge in [0, 0.05) is 17.1 Å². The van der Waals surface area contributed by atoms with Gasteiger partial charge in [0.15, 0.2) is 0 Å². The van der Waals surface area contributed by atoms with Crippen LogP contribution in [0, 0.1) is 5.82 Å². The lowest BCUT2D eigenvalue weighted by molar-refractivity contribution is 0.581. The predicted molar refractivity (Wildman–Crippen MR) is 71.2 cm³/mol. The summed E-state index contributed by atoms with van der Waals surface area (Å²) in [4.78, 5) is 0. The molecule has 0 unspecified atom stereocenters. The van der Waals surface area contributed by atoms with E-state index in [0.29, 0.717) is 17.1 Å². The predicted octanol–water partition coefficient (Wildman–Crippen LogP) is 3.78. The fourth-order valence-electron chi connectivity index (χ4n) is 1.23. The van der Waals surface area contributed by atoms with E-state index in [1.54, 1.807) is 12.1 Å². The molecule has 0 aromatic heterocycles. The van der Waals surface area contributed by atoms with Crippen LogP contribution in [-0.2, 0) is 6.54 Å². The van der Waals surface area contributed by atoms with Crippen LogP contribution in [0.15, 0.2) is 18.2 Å². The van der Waals surface area contributed by atoms with Gasteiger partial charge < -0.3 is 5.32 Å². The van der Waals surface area contributed by atoms with Crippen LogP contribution in [0.3, 0.4) is 0 Å². The summed E-state index contributed by atoms with van der Waals surface area (Å²) in [6.45, 7) is 1.51. The van der Waals surface area contributed by atoms with Crippen molar-refractivity contribution in [2.45, 2.75) is 19.4 Å². The van der Waals surface area contributed by atoms with E-state index >= 15 is 0 Å². The molecular formula is C11H14ClFIN. The summed E-state index contributed by atoms with van der Waals surface area (Å²) in [5.74, 6) is -0.233. The highest BCUT2D eigenvalue weighted by Gasteiger charge is 2.01. The first-order chi connectivity index (χ1) is 7.24. The molecule has 0 aliphatic rings. The molecule has 1 nitrogen and oxygen atoms in total. The third-order valence-electron chi connectivity index (χ3n) is 2.07. The van der Waals surface area contributed by atoms with E-state index < -0.39 is 0 Å². The third-order valence-corrected chi connectivity index (χ3v) is 3.07. The normalized spacial score (nSPS) is 10.6. The van der Waals surface area contributed by atoms with Gasteiger partial charge in [-0.15, -0.1) is 0 Å². The number of benzene rings is 1. The van der Waals surface area contributed by atoms with Crippen LogP contribution in [-0.4, -0.2) is 11.0 Å². The second-order valence-corrected chi connectivity index (χ2v) is 4.82. The Bertz CT molecular complexity index is 307. The molecule has 84 valence electrons. The van der Waals surface area contributed by atoms with Crippen molar-refractivity contribution in [2.75, 3.05) is 11.0 Å². The average molecular weight is 342 g/mol. The molecule has 0 aliphatic carbocycles. The Morgan fingerprint density at radius 1 is 1.33 bits per heavy atom. The molecule has 0 spiro atoms. The van der Waals surface area contributed by atoms with Crippen LogP contribution in [0.4, 0.5) is 4.39 Å². The average Bonchev–Trinajstić information content (AvgIpc) is 2.20. The van der Waals surface area contributed by atoms with Crippen molar-refractivity contribution in [2.24, 2.45) is 0 Å². The molecule has 0 atom stereocenters. The van der Waals surface area contributed by atoms with E-state index in [4.69, 9.17) is 11.6 Å². The minimum Gasteiger partial charge on any atom is -0.313 e. The Labute approximate surface area is 109 Å². The lowest BCUT2D eigenvalue weighted by Gasteiger charge is -2.05. The van der Waals surface area contributed by atoms with Crippen LogP contribution in [0.2, 0.25) is 5.02 Å². The highest BCUT2D eigenvalue weighted by Crippen LogP contribution is 2.14. The molecule has 0 heterocycles. The number of nitrogens with one attached hydrogen (secondary N) is 1. The van der Waals surface area contributed by atoms with Crippen molar-refractivity contribution >= 4 is 34.2 Å². The first kappa shape index (κ1) is 13.2. The van der Waals surface area contributed by atoms with Gasteiger partial charge in [0.25, 0.3) is 0 Å². The lowest BCUT2D eigenvalue weighted by Crippen LogP contribution is -2.15. The zero-order valence-corrected chi connectivity index (χ0v) is 11.3. The Kier molecular flexibility index (Phi) is 6.52. The molecule has 0 fully saturated rings. The van der Waals surface area contributed by atoms with E-state index in [0.717, 1.165) is 13.0 Å². The molecule has 1 rings (SSSR count). The zero-order chi connectivity index (χ0) is 11.1. The number of halogens is 3.